The zero-order valence-electron chi connectivity index (χ0n) is 17.1. The van der Waals surface area contributed by atoms with Crippen LogP contribution in [0.5, 0.6) is 0 Å². The molecule has 5 aromatic rings. The van der Waals surface area contributed by atoms with Crippen molar-refractivity contribution in [2.45, 2.75) is 6.92 Å². The number of carbonyl (C=O) groups is 1. The second kappa shape index (κ2) is 6.85. The Morgan fingerprint density at radius 2 is 1.90 bits per heavy atom. The van der Waals surface area contributed by atoms with Crippen LogP contribution in [0, 0.1) is 18.3 Å². The number of nitriles is 1. The van der Waals surface area contributed by atoms with Crippen molar-refractivity contribution in [3.05, 3.63) is 89.4 Å². The zero-order valence-corrected chi connectivity index (χ0v) is 17.1. The van der Waals surface area contributed by atoms with Crippen LogP contribution in [0.15, 0.2) is 67.0 Å². The molecule has 0 bridgehead atoms. The number of nitrogens with zero attached hydrogens (tertiary/aromatic N) is 4. The highest BCUT2D eigenvalue weighted by Crippen LogP contribution is 2.32. The number of aromatic nitrogens is 3. The Kier molecular flexibility index (Phi) is 4.12. The summed E-state index contributed by atoms with van der Waals surface area (Å²) in [6.45, 7) is 2.08. The molecule has 0 saturated carbocycles. The van der Waals surface area contributed by atoms with Gasteiger partial charge in [-0.1, -0.05) is 6.07 Å². The monoisotopic (exact) mass is 405 g/mol. The van der Waals surface area contributed by atoms with E-state index < -0.39 is 0 Å². The van der Waals surface area contributed by atoms with Gasteiger partial charge in [0.15, 0.2) is 0 Å². The van der Waals surface area contributed by atoms with Crippen LogP contribution in [0.4, 0.5) is 5.69 Å². The number of nitrogen functional groups attached to an aromatic ring is 1. The molecule has 0 spiro atoms. The number of nitrogens with two attached hydrogens (primary N) is 1. The molecule has 6 nitrogen and oxygen atoms in total. The lowest BCUT2D eigenvalue weighted by Crippen LogP contribution is -2.06. The van der Waals surface area contributed by atoms with Gasteiger partial charge < -0.3 is 10.1 Å². The minimum absolute atomic E-state index is 0.159. The maximum Gasteiger partial charge on any atom is 0.209 e. The summed E-state index contributed by atoms with van der Waals surface area (Å²) >= 11 is 0. The van der Waals surface area contributed by atoms with Crippen LogP contribution < -0.4 is 5.73 Å². The van der Waals surface area contributed by atoms with Gasteiger partial charge in [-0.05, 0) is 66.6 Å². The molecule has 0 aliphatic carbocycles. The third kappa shape index (κ3) is 2.87. The lowest BCUT2D eigenvalue weighted by molar-refractivity contribution is 0.103. The molecule has 0 saturated heterocycles. The molecule has 0 fully saturated rings. The van der Waals surface area contributed by atoms with E-state index in [2.05, 4.69) is 30.2 Å². The summed E-state index contributed by atoms with van der Waals surface area (Å²) in [5.41, 5.74) is 12.7. The quantitative estimate of drug-likeness (QED) is 0.354. The number of carbonyl (C=O) groups excluding carboxylic acids is 1. The van der Waals surface area contributed by atoms with Crippen LogP contribution in [-0.2, 0) is 7.05 Å². The van der Waals surface area contributed by atoms with Crippen molar-refractivity contribution < 1.29 is 4.79 Å². The van der Waals surface area contributed by atoms with Crippen LogP contribution in [0.2, 0.25) is 0 Å². The molecule has 0 amide bonds. The Hall–Kier alpha value is -4.37. The average Bonchev–Trinajstić information content (AvgIpc) is 3.37. The van der Waals surface area contributed by atoms with E-state index in [1.807, 2.05) is 52.8 Å². The van der Waals surface area contributed by atoms with Crippen molar-refractivity contribution in [2.24, 2.45) is 7.05 Å². The summed E-state index contributed by atoms with van der Waals surface area (Å²) < 4.78 is 3.76. The van der Waals surface area contributed by atoms with E-state index in [4.69, 9.17) is 5.73 Å². The largest absolute Gasteiger partial charge is 0.398 e. The number of rotatable bonds is 3. The van der Waals surface area contributed by atoms with Crippen LogP contribution in [0.25, 0.3) is 27.5 Å². The third-order valence-electron chi connectivity index (χ3n) is 5.74. The Labute approximate surface area is 178 Å². The Morgan fingerprint density at radius 1 is 1.06 bits per heavy atom. The fourth-order valence-electron chi connectivity index (χ4n) is 4.09. The van der Waals surface area contributed by atoms with Crippen LogP contribution in [0.3, 0.4) is 0 Å². The highest BCUT2D eigenvalue weighted by molar-refractivity contribution is 6.09. The van der Waals surface area contributed by atoms with Gasteiger partial charge in [0.1, 0.15) is 6.07 Å². The van der Waals surface area contributed by atoms with Gasteiger partial charge in [0.2, 0.25) is 5.78 Å². The predicted molar refractivity (Wildman–Crippen MR) is 121 cm³/mol. The minimum atomic E-state index is -0.159. The molecule has 2 N–H and O–H groups in total. The fraction of sp³-hybridized carbons (Fsp3) is 0.0800. The van der Waals surface area contributed by atoms with Gasteiger partial charge in [-0.15, -0.1) is 0 Å². The van der Waals surface area contributed by atoms with Crippen LogP contribution >= 0.6 is 0 Å². The number of ketones is 1. The minimum Gasteiger partial charge on any atom is -0.398 e. The van der Waals surface area contributed by atoms with Gasteiger partial charge in [-0.3, -0.25) is 9.48 Å². The van der Waals surface area contributed by atoms with E-state index in [9.17, 15) is 10.1 Å². The molecule has 0 unspecified atom stereocenters. The van der Waals surface area contributed by atoms with Crippen molar-refractivity contribution in [3.63, 3.8) is 0 Å². The first kappa shape index (κ1) is 18.6. The molecule has 5 rings (SSSR count). The second-order valence-corrected chi connectivity index (χ2v) is 7.63. The SMILES string of the molecule is Cc1cc2c(cnn2C)cc1-c1cccn2c(C(=O)c3ccc(N)c(C#N)c3)ccc12. The lowest BCUT2D eigenvalue weighted by Gasteiger charge is -2.11. The summed E-state index contributed by atoms with van der Waals surface area (Å²) in [6, 6.07) is 18.9. The Bertz CT molecular complexity index is 1550. The van der Waals surface area contributed by atoms with Crippen molar-refractivity contribution in [1.82, 2.24) is 14.2 Å². The van der Waals surface area contributed by atoms with Crippen molar-refractivity contribution in [2.75, 3.05) is 5.73 Å². The zero-order chi connectivity index (χ0) is 21.7. The number of benzene rings is 2. The maximum atomic E-state index is 13.2. The molecule has 6 heteroatoms. The smallest absolute Gasteiger partial charge is 0.209 e. The van der Waals surface area contributed by atoms with Gasteiger partial charge >= 0.3 is 0 Å². The normalized spacial score (nSPS) is 11.1. The highest BCUT2D eigenvalue weighted by atomic mass is 16.1. The van der Waals surface area contributed by atoms with E-state index in [0.29, 0.717) is 22.5 Å². The van der Waals surface area contributed by atoms with Gasteiger partial charge in [0.25, 0.3) is 0 Å². The lowest BCUT2D eigenvalue weighted by atomic mass is 9.98. The summed E-state index contributed by atoms with van der Waals surface area (Å²) in [6.07, 6.45) is 3.74. The summed E-state index contributed by atoms with van der Waals surface area (Å²) in [7, 11) is 1.93. The van der Waals surface area contributed by atoms with Crippen molar-refractivity contribution in [1.29, 1.82) is 5.26 Å². The predicted octanol–water partition coefficient (Wildman–Crippen LogP) is 4.49. The first-order valence-corrected chi connectivity index (χ1v) is 9.85. The summed E-state index contributed by atoms with van der Waals surface area (Å²) in [5.74, 6) is -0.159. The number of hydrogen-bond acceptors (Lipinski definition) is 4. The number of aryl methyl sites for hydroxylation is 2. The average molecular weight is 405 g/mol. The molecular formula is C25H19N5O. The standard InChI is InChI=1S/C25H19N5O/c1-15-10-24-18(14-28-29(24)2)12-20(15)19-4-3-9-30-22(19)7-8-23(30)25(31)16-5-6-21(27)17(11-16)13-26/h3-12,14H,27H2,1-2H3. The number of hydrogen-bond donors (Lipinski definition) is 1. The maximum absolute atomic E-state index is 13.2. The first-order valence-electron chi connectivity index (χ1n) is 9.85. The number of anilines is 1. The van der Waals surface area contributed by atoms with Crippen molar-refractivity contribution >= 4 is 27.9 Å². The van der Waals surface area contributed by atoms with Gasteiger partial charge in [-0.25, -0.2) is 0 Å². The number of pyridine rings is 1. The molecule has 0 radical (unpaired) electrons. The van der Waals surface area contributed by atoms with Gasteiger partial charge in [-0.2, -0.15) is 10.4 Å². The molecule has 3 aromatic heterocycles. The molecule has 0 aliphatic heterocycles. The molecule has 2 aromatic carbocycles. The molecule has 31 heavy (non-hydrogen) atoms. The van der Waals surface area contributed by atoms with E-state index >= 15 is 0 Å². The molecular weight excluding hydrogens is 386 g/mol. The van der Waals surface area contributed by atoms with E-state index in [1.54, 1.807) is 18.2 Å². The van der Waals surface area contributed by atoms with Crippen molar-refractivity contribution in [3.8, 4) is 17.2 Å². The van der Waals surface area contributed by atoms with Gasteiger partial charge in [0, 0.05) is 35.4 Å². The number of fused-ring (bicyclic) bond motifs is 2. The summed E-state index contributed by atoms with van der Waals surface area (Å²) in [4.78, 5) is 13.2. The second-order valence-electron chi connectivity index (χ2n) is 7.63. The third-order valence-corrected chi connectivity index (χ3v) is 5.74. The van der Waals surface area contributed by atoms with E-state index in [-0.39, 0.29) is 5.78 Å². The topological polar surface area (TPSA) is 89.1 Å². The Balaban J connectivity index is 1.66. The van der Waals surface area contributed by atoms with Crippen LogP contribution in [-0.4, -0.2) is 20.0 Å². The van der Waals surface area contributed by atoms with E-state index in [0.717, 1.165) is 33.1 Å². The molecule has 150 valence electrons. The molecule has 0 atom stereocenters. The van der Waals surface area contributed by atoms with Gasteiger partial charge in [0.05, 0.1) is 28.5 Å². The highest BCUT2D eigenvalue weighted by Gasteiger charge is 2.17. The fourth-order valence-corrected chi connectivity index (χ4v) is 4.09. The first-order chi connectivity index (χ1) is 15.0. The Morgan fingerprint density at radius 3 is 2.71 bits per heavy atom. The summed E-state index contributed by atoms with van der Waals surface area (Å²) in [5, 5.41) is 14.7. The molecule has 0 aliphatic rings. The van der Waals surface area contributed by atoms with Crippen LogP contribution in [0.1, 0.15) is 27.2 Å². The molecule has 3 heterocycles. The van der Waals surface area contributed by atoms with E-state index in [1.165, 1.54) is 0 Å².